The maximum atomic E-state index is 15.4. The van der Waals surface area contributed by atoms with Crippen molar-refractivity contribution in [3.8, 4) is 0 Å². The van der Waals surface area contributed by atoms with E-state index in [4.69, 9.17) is 0 Å². The molecule has 35 heavy (non-hydrogen) atoms. The standard InChI is InChI=1S/C25H25F4N5O/c1-33(2)24(35)18-6-3-5-16(13-18)14-30-22-21(26)23(32-15-31-22)34-12-4-7-20(34)17-8-10-19(11-9-17)25(27,28)29/h3,5-6,8-11,13,15,20H,4,7,12,14H2,1-2H3,(H,30,31,32). The molecule has 2 aromatic carbocycles. The van der Waals surface area contributed by atoms with E-state index in [-0.39, 0.29) is 30.1 Å². The number of benzene rings is 2. The molecule has 184 valence electrons. The lowest BCUT2D eigenvalue weighted by atomic mass is 10.0. The fraction of sp³-hybridized carbons (Fsp3) is 0.320. The van der Waals surface area contributed by atoms with Gasteiger partial charge < -0.3 is 15.1 Å². The number of carbonyl (C=O) groups is 1. The highest BCUT2D eigenvalue weighted by Gasteiger charge is 2.33. The largest absolute Gasteiger partial charge is 0.416 e. The van der Waals surface area contributed by atoms with Crippen molar-refractivity contribution in [1.82, 2.24) is 14.9 Å². The van der Waals surface area contributed by atoms with Crippen LogP contribution in [0, 0.1) is 5.82 Å². The van der Waals surface area contributed by atoms with Crippen LogP contribution in [0.2, 0.25) is 0 Å². The summed E-state index contributed by atoms with van der Waals surface area (Å²) >= 11 is 0. The van der Waals surface area contributed by atoms with E-state index < -0.39 is 17.6 Å². The summed E-state index contributed by atoms with van der Waals surface area (Å²) in [6, 6.07) is 11.7. The molecule has 1 saturated heterocycles. The van der Waals surface area contributed by atoms with Gasteiger partial charge >= 0.3 is 6.18 Å². The highest BCUT2D eigenvalue weighted by molar-refractivity contribution is 5.94. The quantitative estimate of drug-likeness (QED) is 0.479. The van der Waals surface area contributed by atoms with Gasteiger partial charge in [-0.1, -0.05) is 24.3 Å². The summed E-state index contributed by atoms with van der Waals surface area (Å²) in [7, 11) is 3.34. The molecule has 1 aliphatic heterocycles. The van der Waals surface area contributed by atoms with Crippen LogP contribution in [0.15, 0.2) is 54.9 Å². The Morgan fingerprint density at radius 1 is 1.14 bits per heavy atom. The van der Waals surface area contributed by atoms with Gasteiger partial charge in [0.15, 0.2) is 11.6 Å². The predicted octanol–water partition coefficient (Wildman–Crippen LogP) is 5.29. The zero-order valence-corrected chi connectivity index (χ0v) is 19.3. The van der Waals surface area contributed by atoms with Crippen LogP contribution in [0.25, 0.3) is 0 Å². The number of carbonyl (C=O) groups excluding carboxylic acids is 1. The first-order valence-corrected chi connectivity index (χ1v) is 11.1. The lowest BCUT2D eigenvalue weighted by molar-refractivity contribution is -0.137. The predicted molar refractivity (Wildman–Crippen MR) is 125 cm³/mol. The zero-order valence-electron chi connectivity index (χ0n) is 19.3. The van der Waals surface area contributed by atoms with Crippen molar-refractivity contribution in [3.63, 3.8) is 0 Å². The fourth-order valence-corrected chi connectivity index (χ4v) is 4.20. The van der Waals surface area contributed by atoms with Crippen molar-refractivity contribution in [2.45, 2.75) is 31.6 Å². The number of aromatic nitrogens is 2. The number of nitrogens with zero attached hydrogens (tertiary/aromatic N) is 4. The van der Waals surface area contributed by atoms with E-state index in [0.717, 1.165) is 24.1 Å². The fourth-order valence-electron chi connectivity index (χ4n) is 4.20. The Kier molecular flexibility index (Phi) is 6.90. The van der Waals surface area contributed by atoms with E-state index in [9.17, 15) is 18.0 Å². The minimum atomic E-state index is -4.41. The van der Waals surface area contributed by atoms with Gasteiger partial charge in [0.1, 0.15) is 6.33 Å². The van der Waals surface area contributed by atoms with Crippen LogP contribution in [0.4, 0.5) is 29.2 Å². The van der Waals surface area contributed by atoms with E-state index in [2.05, 4.69) is 15.3 Å². The Labute approximate surface area is 200 Å². The van der Waals surface area contributed by atoms with Gasteiger partial charge in [-0.2, -0.15) is 17.6 Å². The maximum Gasteiger partial charge on any atom is 0.416 e. The summed E-state index contributed by atoms with van der Waals surface area (Å²) in [6.07, 6.45) is -1.73. The van der Waals surface area contributed by atoms with Gasteiger partial charge in [0.05, 0.1) is 11.6 Å². The minimum Gasteiger partial charge on any atom is -0.363 e. The molecule has 1 atom stereocenters. The number of alkyl halides is 3. The number of hydrogen-bond acceptors (Lipinski definition) is 5. The molecule has 3 aromatic rings. The second-order valence-corrected chi connectivity index (χ2v) is 8.58. The summed E-state index contributed by atoms with van der Waals surface area (Å²) in [5.74, 6) is -0.656. The molecule has 1 amide bonds. The van der Waals surface area contributed by atoms with Gasteiger partial charge in [0, 0.05) is 32.7 Å². The Balaban J connectivity index is 1.52. The van der Waals surface area contributed by atoms with Crippen molar-refractivity contribution in [3.05, 3.63) is 82.9 Å². The molecule has 10 heteroatoms. The number of anilines is 2. The Morgan fingerprint density at radius 3 is 2.57 bits per heavy atom. The Hall–Kier alpha value is -3.69. The van der Waals surface area contributed by atoms with Gasteiger partial charge in [0.2, 0.25) is 5.82 Å². The van der Waals surface area contributed by atoms with E-state index in [1.165, 1.54) is 23.4 Å². The SMILES string of the molecule is CN(C)C(=O)c1cccc(CNc2ncnc(N3CCCC3c3ccc(C(F)(F)F)cc3)c2F)c1. The van der Waals surface area contributed by atoms with Gasteiger partial charge in [-0.25, -0.2) is 9.97 Å². The molecular weight excluding hydrogens is 462 g/mol. The average molecular weight is 488 g/mol. The normalized spacial score (nSPS) is 15.8. The molecule has 4 rings (SSSR count). The van der Waals surface area contributed by atoms with E-state index in [1.807, 2.05) is 6.07 Å². The smallest absolute Gasteiger partial charge is 0.363 e. The highest BCUT2D eigenvalue weighted by Crippen LogP contribution is 2.38. The average Bonchev–Trinajstić information content (AvgIpc) is 3.32. The Morgan fingerprint density at radius 2 is 1.89 bits per heavy atom. The molecule has 0 aliphatic carbocycles. The maximum absolute atomic E-state index is 15.4. The molecule has 0 bridgehead atoms. The molecule has 1 aliphatic rings. The monoisotopic (exact) mass is 487 g/mol. The number of nitrogens with one attached hydrogen (secondary N) is 1. The number of amides is 1. The molecular formula is C25H25F4N5O. The van der Waals surface area contributed by atoms with Crippen molar-refractivity contribution in [2.24, 2.45) is 0 Å². The van der Waals surface area contributed by atoms with Crippen molar-refractivity contribution in [1.29, 1.82) is 0 Å². The van der Waals surface area contributed by atoms with Crippen LogP contribution < -0.4 is 10.2 Å². The van der Waals surface area contributed by atoms with Crippen LogP contribution >= 0.6 is 0 Å². The van der Waals surface area contributed by atoms with Gasteiger partial charge in [0.25, 0.3) is 5.91 Å². The summed E-state index contributed by atoms with van der Waals surface area (Å²) in [6.45, 7) is 0.762. The second kappa shape index (κ2) is 9.89. The summed E-state index contributed by atoms with van der Waals surface area (Å²) in [5.41, 5.74) is 1.25. The third-order valence-corrected chi connectivity index (χ3v) is 5.96. The van der Waals surface area contributed by atoms with Gasteiger partial charge in [-0.3, -0.25) is 4.79 Å². The molecule has 0 spiro atoms. The van der Waals surface area contributed by atoms with Crippen LogP contribution in [-0.2, 0) is 12.7 Å². The Bertz CT molecular complexity index is 1200. The number of hydrogen-bond donors (Lipinski definition) is 1. The second-order valence-electron chi connectivity index (χ2n) is 8.58. The molecule has 0 saturated carbocycles. The molecule has 6 nitrogen and oxygen atoms in total. The van der Waals surface area contributed by atoms with E-state index in [1.54, 1.807) is 37.2 Å². The van der Waals surface area contributed by atoms with Crippen molar-refractivity contribution >= 4 is 17.5 Å². The van der Waals surface area contributed by atoms with Crippen LogP contribution in [0.1, 0.15) is 45.9 Å². The molecule has 0 radical (unpaired) electrons. The first-order valence-electron chi connectivity index (χ1n) is 11.1. The molecule has 1 fully saturated rings. The first-order chi connectivity index (χ1) is 16.6. The van der Waals surface area contributed by atoms with Crippen LogP contribution in [0.5, 0.6) is 0 Å². The van der Waals surface area contributed by atoms with Gasteiger partial charge in [-0.15, -0.1) is 0 Å². The topological polar surface area (TPSA) is 61.4 Å². The lowest BCUT2D eigenvalue weighted by Crippen LogP contribution is -2.25. The number of halogens is 4. The third-order valence-electron chi connectivity index (χ3n) is 5.96. The number of rotatable bonds is 6. The first kappa shape index (κ1) is 24.4. The van der Waals surface area contributed by atoms with E-state index in [0.29, 0.717) is 24.1 Å². The summed E-state index contributed by atoms with van der Waals surface area (Å²) < 4.78 is 54.2. The van der Waals surface area contributed by atoms with Crippen LogP contribution in [-0.4, -0.2) is 41.4 Å². The molecule has 1 aromatic heterocycles. The lowest BCUT2D eigenvalue weighted by Gasteiger charge is -2.27. The summed E-state index contributed by atoms with van der Waals surface area (Å²) in [4.78, 5) is 23.6. The third kappa shape index (κ3) is 5.36. The highest BCUT2D eigenvalue weighted by atomic mass is 19.4. The van der Waals surface area contributed by atoms with Crippen LogP contribution in [0.3, 0.4) is 0 Å². The molecule has 1 unspecified atom stereocenters. The van der Waals surface area contributed by atoms with Crippen molar-refractivity contribution in [2.75, 3.05) is 30.9 Å². The van der Waals surface area contributed by atoms with Gasteiger partial charge in [-0.05, 0) is 48.2 Å². The molecule has 1 N–H and O–H groups in total. The summed E-state index contributed by atoms with van der Waals surface area (Å²) in [5, 5.41) is 2.96. The zero-order chi connectivity index (χ0) is 25.2. The molecule has 2 heterocycles. The van der Waals surface area contributed by atoms with E-state index >= 15 is 4.39 Å². The van der Waals surface area contributed by atoms with Crippen molar-refractivity contribution < 1.29 is 22.4 Å². The minimum absolute atomic E-state index is 0.0115.